The highest BCUT2D eigenvalue weighted by atomic mass is 32.2. The molecule has 1 aliphatic carbocycles. The molecular weight excluding hydrogens is 280 g/mol. The molecule has 0 aliphatic heterocycles. The molecule has 0 aromatic carbocycles. The van der Waals surface area contributed by atoms with Gasteiger partial charge in [0.15, 0.2) is 0 Å². The monoisotopic (exact) mass is 302 g/mol. The van der Waals surface area contributed by atoms with Crippen LogP contribution in [0.4, 0.5) is 0 Å². The summed E-state index contributed by atoms with van der Waals surface area (Å²) in [7, 11) is -3.39. The number of hydrogen-bond donors (Lipinski definition) is 2. The first-order valence-electron chi connectivity index (χ1n) is 6.40. The van der Waals surface area contributed by atoms with Gasteiger partial charge in [-0.3, -0.25) is 0 Å². The Labute approximate surface area is 119 Å². The van der Waals surface area contributed by atoms with E-state index in [0.29, 0.717) is 23.2 Å². The molecular formula is C13H22N2O2S2. The molecule has 19 heavy (non-hydrogen) atoms. The molecule has 1 aliphatic rings. The molecule has 0 atom stereocenters. The van der Waals surface area contributed by atoms with E-state index in [-0.39, 0.29) is 10.8 Å². The van der Waals surface area contributed by atoms with Crippen molar-refractivity contribution in [2.75, 3.05) is 6.54 Å². The minimum Gasteiger partial charge on any atom is -0.326 e. The molecule has 1 fully saturated rings. The third-order valence-corrected chi connectivity index (χ3v) is 7.84. The van der Waals surface area contributed by atoms with Crippen LogP contribution < -0.4 is 10.5 Å². The summed E-state index contributed by atoms with van der Waals surface area (Å²) in [6.07, 6.45) is 0. The highest BCUT2D eigenvalue weighted by Crippen LogP contribution is 2.67. The summed E-state index contributed by atoms with van der Waals surface area (Å²) >= 11 is 1.22. The minimum atomic E-state index is -3.39. The zero-order valence-corrected chi connectivity index (χ0v) is 13.5. The second kappa shape index (κ2) is 4.55. The molecule has 0 bridgehead atoms. The number of sulfonamides is 1. The van der Waals surface area contributed by atoms with E-state index in [1.165, 1.54) is 11.3 Å². The molecule has 2 rings (SSSR count). The summed E-state index contributed by atoms with van der Waals surface area (Å²) in [6, 6.07) is 1.65. The van der Waals surface area contributed by atoms with Crippen LogP contribution in [0.1, 0.15) is 33.3 Å². The van der Waals surface area contributed by atoms with Gasteiger partial charge in [0.25, 0.3) is 0 Å². The van der Waals surface area contributed by atoms with Crippen LogP contribution in [0.15, 0.2) is 15.7 Å². The summed E-state index contributed by atoms with van der Waals surface area (Å²) in [6.45, 7) is 9.60. The summed E-state index contributed by atoms with van der Waals surface area (Å²) in [5.74, 6) is 0.378. The molecule has 0 unspecified atom stereocenters. The topological polar surface area (TPSA) is 72.2 Å². The Morgan fingerprint density at radius 2 is 1.89 bits per heavy atom. The zero-order valence-electron chi connectivity index (χ0n) is 11.9. The van der Waals surface area contributed by atoms with E-state index in [1.54, 1.807) is 11.4 Å². The largest absolute Gasteiger partial charge is 0.326 e. The fourth-order valence-electron chi connectivity index (χ4n) is 2.71. The van der Waals surface area contributed by atoms with E-state index >= 15 is 0 Å². The van der Waals surface area contributed by atoms with Gasteiger partial charge in [0, 0.05) is 13.1 Å². The lowest BCUT2D eigenvalue weighted by molar-refractivity contribution is 0.457. The Morgan fingerprint density at radius 3 is 2.32 bits per heavy atom. The summed E-state index contributed by atoms with van der Waals surface area (Å²) in [4.78, 5) is 0. The van der Waals surface area contributed by atoms with Crippen molar-refractivity contribution >= 4 is 21.4 Å². The van der Waals surface area contributed by atoms with E-state index < -0.39 is 10.0 Å². The number of rotatable bonds is 5. The van der Waals surface area contributed by atoms with Crippen molar-refractivity contribution in [2.45, 2.75) is 38.4 Å². The van der Waals surface area contributed by atoms with E-state index in [1.807, 2.05) is 0 Å². The van der Waals surface area contributed by atoms with Crippen LogP contribution in [0.5, 0.6) is 0 Å². The van der Waals surface area contributed by atoms with Gasteiger partial charge in [-0.05, 0) is 33.8 Å². The van der Waals surface area contributed by atoms with Crippen molar-refractivity contribution < 1.29 is 8.42 Å². The second-order valence-electron chi connectivity index (χ2n) is 6.33. The van der Waals surface area contributed by atoms with E-state index in [4.69, 9.17) is 5.73 Å². The maximum absolute atomic E-state index is 12.2. The van der Waals surface area contributed by atoms with Gasteiger partial charge in [-0.25, -0.2) is 13.1 Å². The molecule has 6 heteroatoms. The quantitative estimate of drug-likeness (QED) is 0.875. The molecule has 3 N–H and O–H groups in total. The minimum absolute atomic E-state index is 0.188. The molecule has 1 aromatic rings. The Morgan fingerprint density at radius 1 is 1.32 bits per heavy atom. The molecule has 0 saturated heterocycles. The van der Waals surface area contributed by atoms with Crippen LogP contribution in [-0.2, 0) is 16.6 Å². The van der Waals surface area contributed by atoms with Crippen molar-refractivity contribution in [3.05, 3.63) is 17.0 Å². The summed E-state index contributed by atoms with van der Waals surface area (Å²) < 4.78 is 27.4. The third-order valence-electron chi connectivity index (χ3n) is 4.93. The summed E-state index contributed by atoms with van der Waals surface area (Å²) in [5.41, 5.74) is 6.74. The SMILES string of the molecule is CC1(C)C(CNS(=O)(=O)c2cc(CN)cs2)C1(C)C. The standard InChI is InChI=1S/C13H22N2O2S2/c1-12(2)10(13(12,3)4)7-15-19(16,17)11-5-9(6-14)8-18-11/h5,8,10,15H,6-7,14H2,1-4H3. The number of thiophene rings is 1. The molecule has 1 saturated carbocycles. The van der Waals surface area contributed by atoms with E-state index in [0.717, 1.165) is 5.56 Å². The third kappa shape index (κ3) is 2.46. The molecule has 0 spiro atoms. The van der Waals surface area contributed by atoms with Crippen LogP contribution in [-0.4, -0.2) is 15.0 Å². The molecule has 1 heterocycles. The maximum Gasteiger partial charge on any atom is 0.250 e. The Balaban J connectivity index is 2.04. The Bertz CT molecular complexity index is 559. The number of nitrogens with one attached hydrogen (secondary N) is 1. The van der Waals surface area contributed by atoms with Crippen LogP contribution in [0.2, 0.25) is 0 Å². The first-order valence-corrected chi connectivity index (χ1v) is 8.76. The van der Waals surface area contributed by atoms with Gasteiger partial charge in [-0.1, -0.05) is 27.7 Å². The van der Waals surface area contributed by atoms with Gasteiger partial charge in [-0.2, -0.15) is 0 Å². The van der Waals surface area contributed by atoms with Crippen molar-refractivity contribution in [2.24, 2.45) is 22.5 Å². The first-order chi connectivity index (χ1) is 8.63. The molecule has 4 nitrogen and oxygen atoms in total. The summed E-state index contributed by atoms with van der Waals surface area (Å²) in [5, 5.41) is 1.79. The number of hydrogen-bond acceptors (Lipinski definition) is 4. The predicted octanol–water partition coefficient (Wildman–Crippen LogP) is 2.17. The molecule has 0 radical (unpaired) electrons. The fourth-order valence-corrected chi connectivity index (χ4v) is 5.02. The number of nitrogens with two attached hydrogens (primary N) is 1. The Hall–Kier alpha value is -0.430. The molecule has 1 aromatic heterocycles. The zero-order chi connectivity index (χ0) is 14.5. The fraction of sp³-hybridized carbons (Fsp3) is 0.692. The van der Waals surface area contributed by atoms with Gasteiger partial charge in [0.1, 0.15) is 4.21 Å². The average Bonchev–Trinajstić information content (AvgIpc) is 2.72. The van der Waals surface area contributed by atoms with Crippen LogP contribution in [0, 0.1) is 16.7 Å². The smallest absolute Gasteiger partial charge is 0.250 e. The average molecular weight is 302 g/mol. The van der Waals surface area contributed by atoms with Crippen molar-refractivity contribution in [1.29, 1.82) is 0 Å². The van der Waals surface area contributed by atoms with Crippen LogP contribution in [0.3, 0.4) is 0 Å². The maximum atomic E-state index is 12.2. The van der Waals surface area contributed by atoms with Gasteiger partial charge >= 0.3 is 0 Å². The van der Waals surface area contributed by atoms with E-state index in [2.05, 4.69) is 32.4 Å². The predicted molar refractivity (Wildman–Crippen MR) is 78.5 cm³/mol. The van der Waals surface area contributed by atoms with E-state index in [9.17, 15) is 8.42 Å². The molecule has 0 amide bonds. The van der Waals surface area contributed by atoms with Crippen molar-refractivity contribution in [3.8, 4) is 0 Å². The van der Waals surface area contributed by atoms with Crippen LogP contribution in [0.25, 0.3) is 0 Å². The highest BCUT2D eigenvalue weighted by Gasteiger charge is 2.64. The highest BCUT2D eigenvalue weighted by molar-refractivity contribution is 7.91. The van der Waals surface area contributed by atoms with Crippen molar-refractivity contribution in [3.63, 3.8) is 0 Å². The van der Waals surface area contributed by atoms with Gasteiger partial charge in [-0.15, -0.1) is 11.3 Å². The first kappa shape index (κ1) is 15.0. The second-order valence-corrected chi connectivity index (χ2v) is 9.23. The van der Waals surface area contributed by atoms with Crippen molar-refractivity contribution in [1.82, 2.24) is 4.72 Å². The van der Waals surface area contributed by atoms with Gasteiger partial charge < -0.3 is 5.73 Å². The lowest BCUT2D eigenvalue weighted by Gasteiger charge is -2.05. The lowest BCUT2D eigenvalue weighted by atomic mass is 10.0. The molecule has 108 valence electrons. The van der Waals surface area contributed by atoms with Crippen LogP contribution >= 0.6 is 11.3 Å². The normalized spacial score (nSPS) is 21.5. The van der Waals surface area contributed by atoms with Gasteiger partial charge in [0.2, 0.25) is 10.0 Å². The van der Waals surface area contributed by atoms with Gasteiger partial charge in [0.05, 0.1) is 0 Å². The Kier molecular flexibility index (Phi) is 3.58. The lowest BCUT2D eigenvalue weighted by Crippen LogP contribution is -2.26.